The van der Waals surface area contributed by atoms with Gasteiger partial charge in [-0.15, -0.1) is 0 Å². The summed E-state index contributed by atoms with van der Waals surface area (Å²) in [6, 6.07) is 0. The van der Waals surface area contributed by atoms with Gasteiger partial charge < -0.3 is 15.2 Å². The maximum atomic E-state index is 5.98. The summed E-state index contributed by atoms with van der Waals surface area (Å²) in [5.41, 5.74) is 5.90. The standard InChI is InChI=1S/C37H75NO2/c1-3-5-7-9-11-13-15-17-19-20-22-24-26-28-30-32-34-40-37(35-38)36-39-33-31-29-27-25-23-21-18-16-14-12-10-8-6-4-2/h17,19,37H,3-16,18,20-36,38H2,1-2H3/b19-17-. The van der Waals surface area contributed by atoms with Crippen LogP contribution in [-0.2, 0) is 9.47 Å². The molecule has 0 rings (SSSR count). The molecule has 0 aromatic carbocycles. The molecule has 0 amide bonds. The molecule has 240 valence electrons. The van der Waals surface area contributed by atoms with Crippen LogP contribution in [0.2, 0.25) is 0 Å². The molecule has 0 fully saturated rings. The van der Waals surface area contributed by atoms with Gasteiger partial charge >= 0.3 is 0 Å². The normalized spacial score (nSPS) is 12.6. The van der Waals surface area contributed by atoms with Crippen molar-refractivity contribution in [2.24, 2.45) is 5.73 Å². The first kappa shape index (κ1) is 39.6. The van der Waals surface area contributed by atoms with Crippen LogP contribution in [0.1, 0.15) is 194 Å². The van der Waals surface area contributed by atoms with E-state index in [-0.39, 0.29) is 6.10 Å². The monoisotopic (exact) mass is 566 g/mol. The van der Waals surface area contributed by atoms with E-state index in [4.69, 9.17) is 15.2 Å². The third-order valence-corrected chi connectivity index (χ3v) is 8.22. The Bertz CT molecular complexity index is 467. The zero-order chi connectivity index (χ0) is 29.0. The number of allylic oxidation sites excluding steroid dienone is 2. The van der Waals surface area contributed by atoms with Gasteiger partial charge in [-0.1, -0.05) is 167 Å². The van der Waals surface area contributed by atoms with Crippen molar-refractivity contribution in [3.05, 3.63) is 12.2 Å². The lowest BCUT2D eigenvalue weighted by Gasteiger charge is -2.16. The maximum Gasteiger partial charge on any atom is 0.0930 e. The van der Waals surface area contributed by atoms with Gasteiger partial charge in [0.15, 0.2) is 0 Å². The van der Waals surface area contributed by atoms with Crippen LogP contribution in [0.4, 0.5) is 0 Å². The predicted octanol–water partition coefficient (Wildman–Crippen LogP) is 11.9. The molecule has 3 nitrogen and oxygen atoms in total. The second kappa shape index (κ2) is 36.6. The number of hydrogen-bond donors (Lipinski definition) is 1. The highest BCUT2D eigenvalue weighted by atomic mass is 16.5. The highest BCUT2D eigenvalue weighted by Crippen LogP contribution is 2.13. The maximum absolute atomic E-state index is 5.98. The van der Waals surface area contributed by atoms with Crippen LogP contribution < -0.4 is 5.73 Å². The summed E-state index contributed by atoms with van der Waals surface area (Å²) >= 11 is 0. The Morgan fingerprint density at radius 2 is 0.800 bits per heavy atom. The largest absolute Gasteiger partial charge is 0.379 e. The number of hydrogen-bond acceptors (Lipinski definition) is 3. The lowest BCUT2D eigenvalue weighted by atomic mass is 10.0. The molecule has 0 aliphatic heterocycles. The van der Waals surface area contributed by atoms with Crippen LogP contribution in [0.25, 0.3) is 0 Å². The van der Waals surface area contributed by atoms with E-state index in [0.29, 0.717) is 13.2 Å². The molecule has 1 unspecified atom stereocenters. The molecule has 0 spiro atoms. The van der Waals surface area contributed by atoms with Gasteiger partial charge in [0.05, 0.1) is 12.7 Å². The van der Waals surface area contributed by atoms with Crippen molar-refractivity contribution in [2.75, 3.05) is 26.4 Å². The molecular weight excluding hydrogens is 490 g/mol. The van der Waals surface area contributed by atoms with E-state index in [2.05, 4.69) is 26.0 Å². The predicted molar refractivity (Wildman–Crippen MR) is 179 cm³/mol. The second-order valence-electron chi connectivity index (χ2n) is 12.3. The minimum atomic E-state index is 0.0646. The quantitative estimate of drug-likeness (QED) is 0.0614. The van der Waals surface area contributed by atoms with Crippen LogP contribution >= 0.6 is 0 Å². The van der Waals surface area contributed by atoms with Crippen LogP contribution in [0.5, 0.6) is 0 Å². The van der Waals surface area contributed by atoms with E-state index in [1.807, 2.05) is 0 Å². The average molecular weight is 566 g/mol. The van der Waals surface area contributed by atoms with Gasteiger partial charge in [-0.05, 0) is 38.5 Å². The molecule has 0 radical (unpaired) electrons. The summed E-state index contributed by atoms with van der Waals surface area (Å²) in [4.78, 5) is 0. The Balaban J connectivity index is 3.29. The molecular formula is C37H75NO2. The summed E-state index contributed by atoms with van der Waals surface area (Å²) in [6.07, 6.45) is 43.1. The minimum Gasteiger partial charge on any atom is -0.379 e. The van der Waals surface area contributed by atoms with Crippen molar-refractivity contribution in [2.45, 2.75) is 200 Å². The van der Waals surface area contributed by atoms with E-state index < -0.39 is 0 Å². The number of nitrogens with two attached hydrogens (primary N) is 1. The molecule has 0 bridgehead atoms. The molecule has 3 heteroatoms. The van der Waals surface area contributed by atoms with E-state index in [9.17, 15) is 0 Å². The summed E-state index contributed by atoms with van der Waals surface area (Å²) in [5.74, 6) is 0. The third-order valence-electron chi connectivity index (χ3n) is 8.22. The van der Waals surface area contributed by atoms with Crippen molar-refractivity contribution in [3.8, 4) is 0 Å². The van der Waals surface area contributed by atoms with Crippen LogP contribution in [0, 0.1) is 0 Å². The fourth-order valence-corrected chi connectivity index (χ4v) is 5.40. The summed E-state index contributed by atoms with van der Waals surface area (Å²) in [7, 11) is 0. The first-order valence-electron chi connectivity index (χ1n) is 18.4. The zero-order valence-corrected chi connectivity index (χ0v) is 27.8. The number of rotatable bonds is 35. The van der Waals surface area contributed by atoms with Crippen molar-refractivity contribution in [1.82, 2.24) is 0 Å². The van der Waals surface area contributed by atoms with Gasteiger partial charge in [-0.2, -0.15) is 0 Å². The van der Waals surface area contributed by atoms with Gasteiger partial charge in [-0.3, -0.25) is 0 Å². The number of ether oxygens (including phenoxy) is 2. The van der Waals surface area contributed by atoms with Gasteiger partial charge in [0.1, 0.15) is 0 Å². The Labute approximate surface area is 253 Å². The van der Waals surface area contributed by atoms with E-state index in [0.717, 1.165) is 19.6 Å². The minimum absolute atomic E-state index is 0.0646. The van der Waals surface area contributed by atoms with Crippen molar-refractivity contribution < 1.29 is 9.47 Å². The van der Waals surface area contributed by atoms with Gasteiger partial charge in [0.2, 0.25) is 0 Å². The molecule has 0 aliphatic carbocycles. The van der Waals surface area contributed by atoms with Crippen molar-refractivity contribution in [3.63, 3.8) is 0 Å². The lowest BCUT2D eigenvalue weighted by molar-refractivity contribution is -0.0136. The Morgan fingerprint density at radius 3 is 1.20 bits per heavy atom. The number of unbranched alkanes of at least 4 members (excludes halogenated alkanes) is 25. The molecule has 0 saturated carbocycles. The molecule has 0 aromatic rings. The zero-order valence-electron chi connectivity index (χ0n) is 27.8. The van der Waals surface area contributed by atoms with E-state index >= 15 is 0 Å². The lowest BCUT2D eigenvalue weighted by Crippen LogP contribution is -2.29. The average Bonchev–Trinajstić information content (AvgIpc) is 2.97. The van der Waals surface area contributed by atoms with Crippen LogP contribution in [-0.4, -0.2) is 32.5 Å². The molecule has 0 saturated heterocycles. The van der Waals surface area contributed by atoms with Gasteiger partial charge in [-0.25, -0.2) is 0 Å². The van der Waals surface area contributed by atoms with Crippen molar-refractivity contribution >= 4 is 0 Å². The third kappa shape index (κ3) is 33.8. The first-order valence-corrected chi connectivity index (χ1v) is 18.4. The fraction of sp³-hybridized carbons (Fsp3) is 0.946. The summed E-state index contributed by atoms with van der Waals surface area (Å²) < 4.78 is 11.8. The van der Waals surface area contributed by atoms with Gasteiger partial charge in [0.25, 0.3) is 0 Å². The second-order valence-corrected chi connectivity index (χ2v) is 12.3. The smallest absolute Gasteiger partial charge is 0.0930 e. The molecule has 0 aliphatic rings. The molecule has 2 N–H and O–H groups in total. The Kier molecular flexibility index (Phi) is 36.3. The SMILES string of the molecule is CCCCCCCC/C=C\CCCCCCCCOC(CN)COCCCCCCCCCCCCCCCC. The summed E-state index contributed by atoms with van der Waals surface area (Å²) in [6.45, 7) is 7.47. The fourth-order valence-electron chi connectivity index (χ4n) is 5.40. The molecule has 0 heterocycles. The topological polar surface area (TPSA) is 44.5 Å². The van der Waals surface area contributed by atoms with E-state index in [1.165, 1.54) is 173 Å². The Morgan fingerprint density at radius 1 is 0.450 bits per heavy atom. The van der Waals surface area contributed by atoms with Crippen molar-refractivity contribution in [1.29, 1.82) is 0 Å². The van der Waals surface area contributed by atoms with Crippen LogP contribution in [0.15, 0.2) is 12.2 Å². The van der Waals surface area contributed by atoms with E-state index in [1.54, 1.807) is 0 Å². The van der Waals surface area contributed by atoms with Crippen LogP contribution in [0.3, 0.4) is 0 Å². The summed E-state index contributed by atoms with van der Waals surface area (Å²) in [5, 5.41) is 0. The highest BCUT2D eigenvalue weighted by Gasteiger charge is 2.07. The molecule has 0 aromatic heterocycles. The molecule has 1 atom stereocenters. The molecule has 40 heavy (non-hydrogen) atoms. The Hall–Kier alpha value is -0.380. The van der Waals surface area contributed by atoms with Gasteiger partial charge in [0, 0.05) is 19.8 Å². The highest BCUT2D eigenvalue weighted by molar-refractivity contribution is 4.81. The first-order chi connectivity index (χ1) is 19.8.